The number of sulfonamides is 1. The third-order valence-corrected chi connectivity index (χ3v) is 5.45. The summed E-state index contributed by atoms with van der Waals surface area (Å²) < 4.78 is 66.0. The van der Waals surface area contributed by atoms with Crippen molar-refractivity contribution in [2.75, 3.05) is 12.4 Å². The maximum absolute atomic E-state index is 13.8. The van der Waals surface area contributed by atoms with Gasteiger partial charge in [-0.15, -0.1) is 0 Å². The molecule has 0 unspecified atom stereocenters. The molecule has 0 fully saturated rings. The Bertz CT molecular complexity index is 896. The van der Waals surface area contributed by atoms with Crippen LogP contribution in [0.25, 0.3) is 0 Å². The molecule has 2 rings (SSSR count). The van der Waals surface area contributed by atoms with Gasteiger partial charge in [-0.2, -0.15) is 0 Å². The van der Waals surface area contributed by atoms with E-state index >= 15 is 0 Å². The lowest BCUT2D eigenvalue weighted by Crippen LogP contribution is -2.20. The molecular formula is C14H10F3IN2O3S. The summed E-state index contributed by atoms with van der Waals surface area (Å²) >= 11 is 1.46. The Morgan fingerprint density at radius 1 is 1.04 bits per heavy atom. The van der Waals surface area contributed by atoms with Crippen molar-refractivity contribution in [1.82, 2.24) is 4.72 Å². The van der Waals surface area contributed by atoms with Gasteiger partial charge in [-0.25, -0.2) is 26.3 Å². The standard InChI is InChI=1S/C14H10F3IN2O3S/c1-19-24(22,23)8-2-3-10(15)9(6-8)14(21)20-7-4-11(16)13(18)12(17)5-7/h2-6,19H,1H3,(H,20,21). The van der Waals surface area contributed by atoms with Crippen LogP contribution in [-0.4, -0.2) is 21.4 Å². The van der Waals surface area contributed by atoms with Crippen molar-refractivity contribution in [3.05, 3.63) is 56.9 Å². The third kappa shape index (κ3) is 3.87. The fourth-order valence-corrected chi connectivity index (χ4v) is 2.86. The van der Waals surface area contributed by atoms with Crippen molar-refractivity contribution in [2.45, 2.75) is 4.90 Å². The number of carbonyl (C=O) groups is 1. The Morgan fingerprint density at radius 2 is 1.62 bits per heavy atom. The number of amides is 1. The number of benzene rings is 2. The van der Waals surface area contributed by atoms with Gasteiger partial charge in [-0.1, -0.05) is 0 Å². The second-order valence-electron chi connectivity index (χ2n) is 4.56. The largest absolute Gasteiger partial charge is 0.322 e. The molecule has 0 atom stereocenters. The Balaban J connectivity index is 2.38. The number of halogens is 4. The molecule has 0 saturated carbocycles. The topological polar surface area (TPSA) is 75.3 Å². The highest BCUT2D eigenvalue weighted by Gasteiger charge is 2.19. The summed E-state index contributed by atoms with van der Waals surface area (Å²) in [5, 5.41) is 2.13. The SMILES string of the molecule is CNS(=O)(=O)c1ccc(F)c(C(=O)Nc2cc(F)c(I)c(F)c2)c1. The maximum Gasteiger partial charge on any atom is 0.258 e. The lowest BCUT2D eigenvalue weighted by atomic mass is 10.2. The molecule has 0 aromatic heterocycles. The number of hydrogen-bond acceptors (Lipinski definition) is 3. The van der Waals surface area contributed by atoms with Crippen LogP contribution in [0.15, 0.2) is 35.2 Å². The van der Waals surface area contributed by atoms with Gasteiger partial charge >= 0.3 is 0 Å². The molecule has 0 aliphatic heterocycles. The van der Waals surface area contributed by atoms with Gasteiger partial charge in [0, 0.05) is 5.69 Å². The number of nitrogens with one attached hydrogen (secondary N) is 2. The minimum atomic E-state index is -3.88. The zero-order valence-corrected chi connectivity index (χ0v) is 15.0. The van der Waals surface area contributed by atoms with Gasteiger partial charge in [-0.05, 0) is 60.0 Å². The Morgan fingerprint density at radius 3 is 2.17 bits per heavy atom. The first-order valence-corrected chi connectivity index (χ1v) is 8.91. The molecule has 0 bridgehead atoms. The minimum Gasteiger partial charge on any atom is -0.322 e. The van der Waals surface area contributed by atoms with Crippen LogP contribution in [0, 0.1) is 21.0 Å². The Labute approximate surface area is 149 Å². The summed E-state index contributed by atoms with van der Waals surface area (Å²) in [6.07, 6.45) is 0. The van der Waals surface area contributed by atoms with Crippen molar-refractivity contribution in [3.63, 3.8) is 0 Å². The van der Waals surface area contributed by atoms with Crippen molar-refractivity contribution < 1.29 is 26.4 Å². The average Bonchev–Trinajstić information content (AvgIpc) is 2.52. The molecule has 1 amide bonds. The van der Waals surface area contributed by atoms with Gasteiger partial charge in [0.05, 0.1) is 14.0 Å². The van der Waals surface area contributed by atoms with E-state index in [-0.39, 0.29) is 14.2 Å². The Hall–Kier alpha value is -1.66. The van der Waals surface area contributed by atoms with E-state index < -0.39 is 38.9 Å². The summed E-state index contributed by atoms with van der Waals surface area (Å²) in [6, 6.07) is 4.37. The van der Waals surface area contributed by atoms with Crippen LogP contribution in [0.1, 0.15) is 10.4 Å². The normalized spacial score (nSPS) is 11.4. The molecular weight excluding hydrogens is 460 g/mol. The first kappa shape index (κ1) is 18.7. The molecule has 0 saturated heterocycles. The van der Waals surface area contributed by atoms with Gasteiger partial charge in [-0.3, -0.25) is 4.79 Å². The molecule has 5 nitrogen and oxygen atoms in total. The van der Waals surface area contributed by atoms with Gasteiger partial charge < -0.3 is 5.32 Å². The fraction of sp³-hybridized carbons (Fsp3) is 0.0714. The fourth-order valence-electron chi connectivity index (χ4n) is 1.79. The zero-order valence-electron chi connectivity index (χ0n) is 12.0. The van der Waals surface area contributed by atoms with Crippen LogP contribution >= 0.6 is 22.6 Å². The van der Waals surface area contributed by atoms with Crippen LogP contribution in [0.4, 0.5) is 18.9 Å². The van der Waals surface area contributed by atoms with E-state index in [1.807, 2.05) is 4.72 Å². The highest BCUT2D eigenvalue weighted by Crippen LogP contribution is 2.22. The quantitative estimate of drug-likeness (QED) is 0.534. The van der Waals surface area contributed by atoms with Gasteiger partial charge in [0.2, 0.25) is 10.0 Å². The molecule has 128 valence electrons. The van der Waals surface area contributed by atoms with E-state index in [1.165, 1.54) is 22.6 Å². The molecule has 0 heterocycles. The highest BCUT2D eigenvalue weighted by molar-refractivity contribution is 14.1. The average molecular weight is 470 g/mol. The van der Waals surface area contributed by atoms with Crippen molar-refractivity contribution in [1.29, 1.82) is 0 Å². The lowest BCUT2D eigenvalue weighted by molar-refractivity contribution is 0.102. The van der Waals surface area contributed by atoms with Gasteiger partial charge in [0.15, 0.2) is 0 Å². The van der Waals surface area contributed by atoms with E-state index in [2.05, 4.69) is 5.32 Å². The lowest BCUT2D eigenvalue weighted by Gasteiger charge is -2.09. The van der Waals surface area contributed by atoms with E-state index in [1.54, 1.807) is 0 Å². The van der Waals surface area contributed by atoms with Crippen LogP contribution in [0.3, 0.4) is 0 Å². The zero-order chi connectivity index (χ0) is 18.1. The number of carbonyl (C=O) groups excluding carboxylic acids is 1. The smallest absolute Gasteiger partial charge is 0.258 e. The van der Waals surface area contributed by atoms with Crippen LogP contribution in [0.5, 0.6) is 0 Å². The Kier molecular flexibility index (Phi) is 5.50. The van der Waals surface area contributed by atoms with Crippen molar-refractivity contribution in [2.24, 2.45) is 0 Å². The molecule has 0 aliphatic carbocycles. The molecule has 0 aliphatic rings. The minimum absolute atomic E-state index is 0.225. The second kappa shape index (κ2) is 7.07. The van der Waals surface area contributed by atoms with Crippen LogP contribution < -0.4 is 10.0 Å². The molecule has 2 N–H and O–H groups in total. The molecule has 0 radical (unpaired) electrons. The molecule has 2 aromatic rings. The summed E-state index contributed by atoms with van der Waals surface area (Å²) in [5.41, 5.74) is -0.803. The van der Waals surface area contributed by atoms with E-state index in [0.29, 0.717) is 0 Å². The highest BCUT2D eigenvalue weighted by atomic mass is 127. The van der Waals surface area contributed by atoms with Crippen LogP contribution in [0.2, 0.25) is 0 Å². The first-order valence-electron chi connectivity index (χ1n) is 6.34. The number of rotatable bonds is 4. The summed E-state index contributed by atoms with van der Waals surface area (Å²) in [6.45, 7) is 0. The number of anilines is 1. The molecule has 2 aromatic carbocycles. The second-order valence-corrected chi connectivity index (χ2v) is 7.52. The number of hydrogen-bond donors (Lipinski definition) is 2. The summed E-state index contributed by atoms with van der Waals surface area (Å²) in [7, 11) is -2.72. The summed E-state index contributed by atoms with van der Waals surface area (Å²) in [5.74, 6) is -3.80. The molecule has 0 spiro atoms. The third-order valence-electron chi connectivity index (χ3n) is 3.00. The first-order chi connectivity index (χ1) is 11.2. The van der Waals surface area contributed by atoms with Crippen LogP contribution in [-0.2, 0) is 10.0 Å². The van der Waals surface area contributed by atoms with E-state index in [4.69, 9.17) is 0 Å². The molecule has 24 heavy (non-hydrogen) atoms. The van der Waals surface area contributed by atoms with Gasteiger partial charge in [0.25, 0.3) is 5.91 Å². The van der Waals surface area contributed by atoms with Gasteiger partial charge in [0.1, 0.15) is 17.5 Å². The predicted octanol–water partition coefficient (Wildman–Crippen LogP) is 2.87. The maximum atomic E-state index is 13.8. The van der Waals surface area contributed by atoms with E-state index in [0.717, 1.165) is 37.4 Å². The van der Waals surface area contributed by atoms with Crippen molar-refractivity contribution >= 4 is 44.2 Å². The summed E-state index contributed by atoms with van der Waals surface area (Å²) in [4.78, 5) is 11.8. The van der Waals surface area contributed by atoms with Crippen molar-refractivity contribution in [3.8, 4) is 0 Å². The molecule has 10 heteroatoms. The monoisotopic (exact) mass is 470 g/mol. The van der Waals surface area contributed by atoms with E-state index in [9.17, 15) is 26.4 Å². The predicted molar refractivity (Wildman–Crippen MR) is 89.7 cm³/mol.